The third-order valence-electron chi connectivity index (χ3n) is 3.69. The Labute approximate surface area is 107 Å². The van der Waals surface area contributed by atoms with Crippen molar-refractivity contribution in [3.05, 3.63) is 11.1 Å². The van der Waals surface area contributed by atoms with E-state index in [-0.39, 0.29) is 11.7 Å². The summed E-state index contributed by atoms with van der Waals surface area (Å²) in [5.41, 5.74) is 0.843. The van der Waals surface area contributed by atoms with Crippen LogP contribution in [0.3, 0.4) is 0 Å². The highest BCUT2D eigenvalue weighted by Crippen LogP contribution is 2.25. The van der Waals surface area contributed by atoms with Crippen molar-refractivity contribution in [2.24, 2.45) is 5.92 Å². The van der Waals surface area contributed by atoms with E-state index in [4.69, 9.17) is 17.3 Å². The number of hydrogen-bond acceptors (Lipinski definition) is 3. The predicted molar refractivity (Wildman–Crippen MR) is 71.9 cm³/mol. The highest BCUT2D eigenvalue weighted by molar-refractivity contribution is 7.80. The minimum Gasteiger partial charge on any atom is -0.478 e. The Hall–Kier alpha value is -0.940. The molecule has 2 atom stereocenters. The lowest BCUT2D eigenvalue weighted by Gasteiger charge is -2.28. The average molecular weight is 256 g/mol. The summed E-state index contributed by atoms with van der Waals surface area (Å²) in [6.07, 6.45) is -0.189. The molecule has 0 aromatic rings. The predicted octanol–water partition coefficient (Wildman–Crippen LogP) is 1.67. The van der Waals surface area contributed by atoms with Crippen LogP contribution in [0.2, 0.25) is 0 Å². The van der Waals surface area contributed by atoms with Gasteiger partial charge in [0.1, 0.15) is 6.17 Å². The number of carbonyl (C=O) groups is 1. The third-order valence-corrected chi connectivity index (χ3v) is 4.23. The van der Waals surface area contributed by atoms with Gasteiger partial charge in [0.25, 0.3) is 0 Å². The maximum Gasteiger partial charge on any atom is 0.331 e. The summed E-state index contributed by atoms with van der Waals surface area (Å²) in [7, 11) is 0. The molecule has 1 aliphatic rings. The standard InChI is InChI=1S/C12H20N2O2S/c1-6(2)12(5)11(17)13-9(14-12)7(3)8(4)10(15)16/h6,9,14H,1-5H3,(H,13,17)(H,15,16)/t9-,12-/m0/s1. The van der Waals surface area contributed by atoms with E-state index < -0.39 is 5.97 Å². The number of nitrogens with one attached hydrogen (secondary N) is 2. The van der Waals surface area contributed by atoms with Crippen LogP contribution in [0.1, 0.15) is 34.6 Å². The van der Waals surface area contributed by atoms with E-state index in [9.17, 15) is 4.79 Å². The minimum absolute atomic E-state index is 0.189. The van der Waals surface area contributed by atoms with Gasteiger partial charge >= 0.3 is 5.97 Å². The molecule has 1 saturated heterocycles. The quantitative estimate of drug-likeness (QED) is 0.529. The van der Waals surface area contributed by atoms with Gasteiger partial charge in [-0.2, -0.15) is 0 Å². The zero-order chi connectivity index (χ0) is 13.4. The van der Waals surface area contributed by atoms with Gasteiger partial charge in [-0.25, -0.2) is 4.79 Å². The maximum absolute atomic E-state index is 10.9. The van der Waals surface area contributed by atoms with E-state index in [0.29, 0.717) is 11.5 Å². The molecule has 0 spiro atoms. The number of rotatable bonds is 3. The Morgan fingerprint density at radius 2 is 2.00 bits per heavy atom. The fourth-order valence-corrected chi connectivity index (χ4v) is 2.13. The van der Waals surface area contributed by atoms with Gasteiger partial charge in [-0.15, -0.1) is 0 Å². The fraction of sp³-hybridized carbons (Fsp3) is 0.667. The normalized spacial score (nSPS) is 30.2. The van der Waals surface area contributed by atoms with E-state index in [2.05, 4.69) is 24.5 Å². The van der Waals surface area contributed by atoms with Crippen molar-refractivity contribution in [1.82, 2.24) is 10.6 Å². The molecule has 1 rings (SSSR count). The summed E-state index contributed by atoms with van der Waals surface area (Å²) >= 11 is 5.34. The summed E-state index contributed by atoms with van der Waals surface area (Å²) in [6.45, 7) is 9.63. The molecule has 96 valence electrons. The molecule has 0 amide bonds. The Kier molecular flexibility index (Phi) is 3.94. The van der Waals surface area contributed by atoms with Gasteiger partial charge in [0.15, 0.2) is 0 Å². The van der Waals surface area contributed by atoms with Crippen LogP contribution < -0.4 is 10.6 Å². The maximum atomic E-state index is 10.9. The van der Waals surface area contributed by atoms with Crippen molar-refractivity contribution in [3.63, 3.8) is 0 Å². The molecule has 17 heavy (non-hydrogen) atoms. The number of carboxylic acids is 1. The van der Waals surface area contributed by atoms with Crippen LogP contribution in [0.15, 0.2) is 11.1 Å². The molecule has 0 aromatic heterocycles. The summed E-state index contributed by atoms with van der Waals surface area (Å²) in [5, 5.41) is 15.5. The molecular weight excluding hydrogens is 236 g/mol. The topological polar surface area (TPSA) is 61.4 Å². The first kappa shape index (κ1) is 14.1. The molecule has 5 heteroatoms. The second-order valence-corrected chi connectivity index (χ2v) is 5.43. The van der Waals surface area contributed by atoms with Crippen molar-refractivity contribution in [3.8, 4) is 0 Å². The number of aliphatic carboxylic acids is 1. The Bertz CT molecular complexity index is 390. The van der Waals surface area contributed by atoms with Crippen molar-refractivity contribution in [1.29, 1.82) is 0 Å². The van der Waals surface area contributed by atoms with Crippen LogP contribution >= 0.6 is 12.2 Å². The van der Waals surface area contributed by atoms with Gasteiger partial charge in [0.2, 0.25) is 0 Å². The molecule has 4 nitrogen and oxygen atoms in total. The van der Waals surface area contributed by atoms with Crippen molar-refractivity contribution >= 4 is 23.2 Å². The van der Waals surface area contributed by atoms with Crippen molar-refractivity contribution in [2.75, 3.05) is 0 Å². The molecule has 0 aliphatic carbocycles. The fourth-order valence-electron chi connectivity index (χ4n) is 1.71. The summed E-state index contributed by atoms with van der Waals surface area (Å²) < 4.78 is 0. The smallest absolute Gasteiger partial charge is 0.331 e. The zero-order valence-corrected chi connectivity index (χ0v) is 11.7. The Balaban J connectivity index is 2.98. The average Bonchev–Trinajstić information content (AvgIpc) is 2.54. The van der Waals surface area contributed by atoms with E-state index in [1.165, 1.54) is 0 Å². The lowest BCUT2D eigenvalue weighted by atomic mass is 9.89. The molecule has 1 heterocycles. The molecule has 0 aromatic carbocycles. The van der Waals surface area contributed by atoms with Crippen molar-refractivity contribution < 1.29 is 9.90 Å². The summed E-state index contributed by atoms with van der Waals surface area (Å²) in [6, 6.07) is 0. The van der Waals surface area contributed by atoms with E-state index in [1.807, 2.05) is 13.8 Å². The minimum atomic E-state index is -0.893. The molecule has 3 N–H and O–H groups in total. The highest BCUT2D eigenvalue weighted by atomic mass is 32.1. The Morgan fingerprint density at radius 3 is 2.35 bits per heavy atom. The van der Waals surface area contributed by atoms with Gasteiger partial charge in [-0.1, -0.05) is 26.1 Å². The van der Waals surface area contributed by atoms with E-state index in [0.717, 1.165) is 10.6 Å². The zero-order valence-electron chi connectivity index (χ0n) is 10.9. The van der Waals surface area contributed by atoms with Crippen LogP contribution in [0, 0.1) is 5.92 Å². The molecule has 0 saturated carbocycles. The molecule has 0 radical (unpaired) electrons. The Morgan fingerprint density at radius 1 is 1.47 bits per heavy atom. The van der Waals surface area contributed by atoms with E-state index in [1.54, 1.807) is 6.92 Å². The summed E-state index contributed by atoms with van der Waals surface area (Å²) in [4.78, 5) is 11.7. The number of hydrogen-bond donors (Lipinski definition) is 3. The van der Waals surface area contributed by atoms with Crippen LogP contribution in [-0.4, -0.2) is 27.8 Å². The highest BCUT2D eigenvalue weighted by Gasteiger charge is 2.42. The van der Waals surface area contributed by atoms with Crippen molar-refractivity contribution in [2.45, 2.75) is 46.3 Å². The lowest BCUT2D eigenvalue weighted by molar-refractivity contribution is -0.132. The van der Waals surface area contributed by atoms with Crippen LogP contribution in [0.25, 0.3) is 0 Å². The first-order chi connectivity index (χ1) is 7.70. The SMILES string of the molecule is CC(C(=O)O)=C(C)[C@H]1NC(=S)[C@](C)(C(C)C)N1. The van der Waals surface area contributed by atoms with Gasteiger partial charge in [-0.3, -0.25) is 5.32 Å². The van der Waals surface area contributed by atoms with Gasteiger partial charge < -0.3 is 10.4 Å². The second kappa shape index (κ2) is 4.74. The molecule has 1 fully saturated rings. The van der Waals surface area contributed by atoms with Crippen LogP contribution in [-0.2, 0) is 4.79 Å². The lowest BCUT2D eigenvalue weighted by Crippen LogP contribution is -2.48. The molecule has 1 aliphatic heterocycles. The van der Waals surface area contributed by atoms with Gasteiger partial charge in [-0.05, 0) is 32.3 Å². The third kappa shape index (κ3) is 2.50. The first-order valence-corrected chi connectivity index (χ1v) is 6.10. The summed E-state index contributed by atoms with van der Waals surface area (Å²) in [5.74, 6) is -0.555. The molecule has 0 unspecified atom stereocenters. The van der Waals surface area contributed by atoms with Gasteiger partial charge in [0, 0.05) is 5.57 Å². The van der Waals surface area contributed by atoms with Crippen LogP contribution in [0.5, 0.6) is 0 Å². The van der Waals surface area contributed by atoms with Crippen LogP contribution in [0.4, 0.5) is 0 Å². The number of carboxylic acid groups (broad SMARTS) is 1. The largest absolute Gasteiger partial charge is 0.478 e. The molecule has 0 bridgehead atoms. The molecular formula is C12H20N2O2S. The second-order valence-electron chi connectivity index (χ2n) is 5.02. The van der Waals surface area contributed by atoms with E-state index >= 15 is 0 Å². The monoisotopic (exact) mass is 256 g/mol. The number of thiocarbonyl (C=S) groups is 1. The van der Waals surface area contributed by atoms with Gasteiger partial charge in [0.05, 0.1) is 10.5 Å². The first-order valence-electron chi connectivity index (χ1n) is 5.69.